The number of rotatable bonds is 18. The second-order valence-corrected chi connectivity index (χ2v) is 14.9. The minimum atomic E-state index is -0.429. The van der Waals surface area contributed by atoms with E-state index in [-0.39, 0.29) is 24.4 Å². The van der Waals surface area contributed by atoms with Crippen LogP contribution in [0.3, 0.4) is 0 Å². The third kappa shape index (κ3) is 11.1. The van der Waals surface area contributed by atoms with E-state index in [2.05, 4.69) is 41.1 Å². The van der Waals surface area contributed by atoms with E-state index in [1.165, 1.54) is 6.20 Å². The first-order valence-corrected chi connectivity index (χ1v) is 20.4. The highest BCUT2D eigenvalue weighted by Crippen LogP contribution is 2.30. The van der Waals surface area contributed by atoms with E-state index in [1.54, 1.807) is 44.7 Å². The molecule has 314 valence electrons. The van der Waals surface area contributed by atoms with Crippen LogP contribution >= 0.6 is 23.2 Å². The third-order valence-electron chi connectivity index (χ3n) is 9.99. The van der Waals surface area contributed by atoms with Gasteiger partial charge in [-0.2, -0.15) is 4.98 Å². The number of carbonyl (C=O) groups excluding carboxylic acids is 2. The van der Waals surface area contributed by atoms with Gasteiger partial charge in [-0.1, -0.05) is 96.0 Å². The number of anilines is 3. The van der Waals surface area contributed by atoms with Crippen molar-refractivity contribution in [3.63, 3.8) is 0 Å². The molecule has 0 aliphatic carbocycles. The number of halogens is 2. The molecular formula is C45H45Cl2N9O5. The summed E-state index contributed by atoms with van der Waals surface area (Å²) in [6.07, 6.45) is 4.71. The van der Waals surface area contributed by atoms with E-state index in [4.69, 9.17) is 42.4 Å². The van der Waals surface area contributed by atoms with Crippen LogP contribution in [0.2, 0.25) is 10.0 Å². The van der Waals surface area contributed by atoms with Crippen molar-refractivity contribution in [2.75, 3.05) is 42.9 Å². The van der Waals surface area contributed by atoms with Crippen molar-refractivity contribution >= 4 is 52.6 Å². The molecule has 1 atom stereocenters. The zero-order valence-corrected chi connectivity index (χ0v) is 35.2. The minimum Gasteiger partial charge on any atom is -0.495 e. The number of aromatic nitrogens is 4. The molecule has 7 rings (SSSR count). The van der Waals surface area contributed by atoms with E-state index in [0.717, 1.165) is 35.1 Å². The Morgan fingerprint density at radius 3 is 1.85 bits per heavy atom. The van der Waals surface area contributed by atoms with Crippen molar-refractivity contribution in [3.8, 4) is 17.2 Å². The highest BCUT2D eigenvalue weighted by atomic mass is 35.5. The molecule has 1 aliphatic rings. The van der Waals surface area contributed by atoms with Crippen molar-refractivity contribution in [1.82, 2.24) is 30.6 Å². The molecule has 3 heterocycles. The van der Waals surface area contributed by atoms with Gasteiger partial charge < -0.3 is 40.4 Å². The third-order valence-corrected chi connectivity index (χ3v) is 10.6. The van der Waals surface area contributed by atoms with Gasteiger partial charge in [-0.05, 0) is 59.4 Å². The van der Waals surface area contributed by atoms with Gasteiger partial charge in [-0.3, -0.25) is 9.59 Å². The molecule has 4 aromatic carbocycles. The Bertz CT molecular complexity index is 2450. The van der Waals surface area contributed by atoms with Crippen molar-refractivity contribution < 1.29 is 23.8 Å². The van der Waals surface area contributed by atoms with Gasteiger partial charge in [-0.25, -0.2) is 15.0 Å². The van der Waals surface area contributed by atoms with Crippen LogP contribution in [0.4, 0.5) is 17.6 Å². The Morgan fingerprint density at radius 1 is 0.672 bits per heavy atom. The summed E-state index contributed by atoms with van der Waals surface area (Å²) >= 11 is 12.8. The molecule has 1 saturated heterocycles. The lowest BCUT2D eigenvalue weighted by Gasteiger charge is -2.26. The molecule has 16 heteroatoms. The summed E-state index contributed by atoms with van der Waals surface area (Å²) in [5, 5.41) is 13.5. The molecule has 0 unspecified atom stereocenters. The van der Waals surface area contributed by atoms with Gasteiger partial charge in [-0.15, -0.1) is 0 Å². The van der Waals surface area contributed by atoms with E-state index in [1.807, 2.05) is 72.8 Å². The Balaban J connectivity index is 1.09. The lowest BCUT2D eigenvalue weighted by molar-refractivity contribution is 0.0936. The first-order valence-electron chi connectivity index (χ1n) is 19.7. The summed E-state index contributed by atoms with van der Waals surface area (Å²) in [6.45, 7) is 2.23. The Hall–Kier alpha value is -6.64. The van der Waals surface area contributed by atoms with Gasteiger partial charge in [0.15, 0.2) is 11.6 Å². The summed E-state index contributed by atoms with van der Waals surface area (Å²) in [6, 6.07) is 30.1. The molecule has 0 bridgehead atoms. The topological polar surface area (TPSA) is 165 Å². The summed E-state index contributed by atoms with van der Waals surface area (Å²) < 4.78 is 17.0. The summed E-state index contributed by atoms with van der Waals surface area (Å²) in [4.78, 5) is 47.4. The molecule has 1 fully saturated rings. The number of benzene rings is 4. The fourth-order valence-corrected chi connectivity index (χ4v) is 7.29. The SMILES string of the molecule is COc1ccc(CNc2nc(C(=O)NCc3ccccc3)ncc2OC[C@@H]2CCCN2c2ncc(C(=O)NCc3ccccc3)c(NCc3ccc(OC)c(Cl)c3)n2)cc1Cl. The number of ether oxygens (including phenoxy) is 3. The van der Waals surface area contributed by atoms with Gasteiger partial charge in [0.2, 0.25) is 11.8 Å². The van der Waals surface area contributed by atoms with Gasteiger partial charge in [0.05, 0.1) is 36.5 Å². The predicted molar refractivity (Wildman–Crippen MR) is 236 cm³/mol. The average molecular weight is 863 g/mol. The van der Waals surface area contributed by atoms with Crippen molar-refractivity contribution in [3.05, 3.63) is 153 Å². The number of carbonyl (C=O) groups is 2. The second kappa shape index (κ2) is 20.6. The average Bonchev–Trinajstić information content (AvgIpc) is 3.77. The summed E-state index contributed by atoms with van der Waals surface area (Å²) in [5.74, 6) is 1.87. The minimum absolute atomic E-state index is 0.0146. The number of hydrogen-bond acceptors (Lipinski definition) is 12. The number of nitrogens with zero attached hydrogens (tertiary/aromatic N) is 5. The zero-order chi connectivity index (χ0) is 42.6. The van der Waals surface area contributed by atoms with Crippen LogP contribution in [0, 0.1) is 0 Å². The highest BCUT2D eigenvalue weighted by molar-refractivity contribution is 6.32. The number of methoxy groups -OCH3 is 2. The van der Waals surface area contributed by atoms with E-state index in [9.17, 15) is 9.59 Å². The molecule has 61 heavy (non-hydrogen) atoms. The second-order valence-electron chi connectivity index (χ2n) is 14.1. The number of amides is 2. The molecule has 0 saturated carbocycles. The Kier molecular flexibility index (Phi) is 14.3. The van der Waals surface area contributed by atoms with Crippen molar-refractivity contribution in [1.29, 1.82) is 0 Å². The quantitative estimate of drug-likeness (QED) is 0.0666. The van der Waals surface area contributed by atoms with Gasteiger partial charge in [0, 0.05) is 38.9 Å². The maximum absolute atomic E-state index is 13.6. The zero-order valence-electron chi connectivity index (χ0n) is 33.7. The van der Waals surface area contributed by atoms with Crippen LogP contribution in [0.15, 0.2) is 109 Å². The molecule has 2 amide bonds. The monoisotopic (exact) mass is 861 g/mol. The lowest BCUT2D eigenvalue weighted by Crippen LogP contribution is -2.36. The molecule has 6 aromatic rings. The summed E-state index contributed by atoms with van der Waals surface area (Å²) in [5.41, 5.74) is 3.94. The number of nitrogens with one attached hydrogen (secondary N) is 4. The van der Waals surface area contributed by atoms with Crippen LogP contribution in [0.25, 0.3) is 0 Å². The lowest BCUT2D eigenvalue weighted by atomic mass is 10.2. The summed E-state index contributed by atoms with van der Waals surface area (Å²) in [7, 11) is 3.12. The fraction of sp³-hybridized carbons (Fsp3) is 0.244. The molecule has 4 N–H and O–H groups in total. The Labute approximate surface area is 364 Å². The van der Waals surface area contributed by atoms with E-state index < -0.39 is 5.91 Å². The van der Waals surface area contributed by atoms with Gasteiger partial charge in [0.1, 0.15) is 29.5 Å². The maximum atomic E-state index is 13.6. The van der Waals surface area contributed by atoms with Gasteiger partial charge >= 0.3 is 0 Å². The maximum Gasteiger partial charge on any atom is 0.289 e. The largest absolute Gasteiger partial charge is 0.495 e. The Morgan fingerprint density at radius 2 is 1.26 bits per heavy atom. The fourth-order valence-electron chi connectivity index (χ4n) is 6.72. The number of hydrogen-bond donors (Lipinski definition) is 4. The van der Waals surface area contributed by atoms with Crippen LogP contribution in [-0.4, -0.2) is 65.2 Å². The normalized spacial score (nSPS) is 13.3. The standard InChI is InChI=1S/C45H45Cl2N9O5/c1-59-37-17-15-31(20-35(37)46)24-48-40-34(43(57)51-22-29-10-5-3-6-11-29)26-53-45(55-40)56-19-9-14-33(56)28-61-39-27-50-42(44(58)52-23-30-12-7-4-8-13-30)54-41(39)49-25-32-16-18-38(60-2)36(47)21-32/h3-8,10-13,15-18,20-21,26-27,33H,9,14,19,22-25,28H2,1-2H3,(H,51,57)(H,52,58)(H,48,53,55)(H,49,50,54)/t33-/m0/s1. The highest BCUT2D eigenvalue weighted by Gasteiger charge is 2.29. The predicted octanol–water partition coefficient (Wildman–Crippen LogP) is 7.72. The van der Waals surface area contributed by atoms with E-state index in [0.29, 0.717) is 83.2 Å². The molecule has 0 radical (unpaired) electrons. The van der Waals surface area contributed by atoms with E-state index >= 15 is 0 Å². The van der Waals surface area contributed by atoms with Crippen molar-refractivity contribution in [2.24, 2.45) is 0 Å². The smallest absolute Gasteiger partial charge is 0.289 e. The van der Waals surface area contributed by atoms with Crippen LogP contribution in [0.1, 0.15) is 56.1 Å². The van der Waals surface area contributed by atoms with Crippen LogP contribution in [-0.2, 0) is 26.2 Å². The molecule has 1 aliphatic heterocycles. The van der Waals surface area contributed by atoms with Crippen molar-refractivity contribution in [2.45, 2.75) is 45.1 Å². The first kappa shape index (κ1) is 42.5. The van der Waals surface area contributed by atoms with Gasteiger partial charge in [0.25, 0.3) is 11.8 Å². The molecule has 2 aromatic heterocycles. The van der Waals surface area contributed by atoms with Crippen LogP contribution < -0.4 is 40.4 Å². The molecular weight excluding hydrogens is 817 g/mol. The molecule has 0 spiro atoms. The first-order chi connectivity index (χ1) is 29.8. The van der Waals surface area contributed by atoms with Crippen LogP contribution in [0.5, 0.6) is 17.2 Å². The molecule has 14 nitrogen and oxygen atoms in total.